The number of hydrogen-bond donors (Lipinski definition) is 3. The second-order valence-corrected chi connectivity index (χ2v) is 16.7. The van der Waals surface area contributed by atoms with E-state index in [2.05, 4.69) is 79.1 Å². The molecule has 1 heterocycles. The molecule has 0 saturated carbocycles. The van der Waals surface area contributed by atoms with Crippen LogP contribution < -0.4 is 5.73 Å². The van der Waals surface area contributed by atoms with Gasteiger partial charge in [0.2, 0.25) is 0 Å². The number of carbonyl (C=O) groups excluding carboxylic acids is 2. The van der Waals surface area contributed by atoms with Crippen LogP contribution in [0.4, 0.5) is 0 Å². The minimum atomic E-state index is -4.74. The second-order valence-electron chi connectivity index (χ2n) is 15.2. The molecule has 4 N–H and O–H groups in total. The average molecular weight is 852 g/mol. The van der Waals surface area contributed by atoms with Gasteiger partial charge in [-0.3, -0.25) is 23.4 Å². The molecule has 12 nitrogen and oxygen atoms in total. The van der Waals surface area contributed by atoms with E-state index in [0.717, 1.165) is 77.0 Å². The van der Waals surface area contributed by atoms with Crippen LogP contribution in [0.5, 0.6) is 0 Å². The summed E-state index contributed by atoms with van der Waals surface area (Å²) in [6, 6.07) is -1.53. The summed E-state index contributed by atoms with van der Waals surface area (Å²) in [5.41, 5.74) is 5.33. The Hall–Kier alpha value is -2.86. The molecule has 1 aliphatic heterocycles. The summed E-state index contributed by atoms with van der Waals surface area (Å²) in [7, 11) is -4.74. The Morgan fingerprint density at radius 2 is 1.12 bits per heavy atom. The third kappa shape index (κ3) is 34.5. The first-order chi connectivity index (χ1) is 28.6. The number of rotatable bonds is 40. The van der Waals surface area contributed by atoms with Gasteiger partial charge in [0.25, 0.3) is 0 Å². The number of allylic oxidation sites excluding steroid dienone is 9. The number of epoxide rings is 1. The number of hydrogen-bond acceptors (Lipinski definition) is 10. The summed E-state index contributed by atoms with van der Waals surface area (Å²) in [5.74, 6) is -2.45. The quantitative estimate of drug-likeness (QED) is 0.0174. The van der Waals surface area contributed by atoms with Crippen LogP contribution in [0.1, 0.15) is 168 Å². The summed E-state index contributed by atoms with van der Waals surface area (Å²) in [4.78, 5) is 46.0. The molecule has 0 aromatic carbocycles. The highest BCUT2D eigenvalue weighted by Crippen LogP contribution is 2.43. The smallest absolute Gasteiger partial charge is 0.472 e. The molecular formula is C46H78NO11P. The van der Waals surface area contributed by atoms with Gasteiger partial charge in [0, 0.05) is 12.8 Å². The molecule has 59 heavy (non-hydrogen) atoms. The topological polar surface area (TPSA) is 184 Å². The van der Waals surface area contributed by atoms with Gasteiger partial charge in [-0.25, -0.2) is 4.57 Å². The number of carboxylic acids is 1. The first-order valence-corrected chi connectivity index (χ1v) is 23.9. The maximum atomic E-state index is 12.6. The third-order valence-corrected chi connectivity index (χ3v) is 10.6. The van der Waals surface area contributed by atoms with E-state index >= 15 is 0 Å². The van der Waals surface area contributed by atoms with Gasteiger partial charge in [-0.05, 0) is 83.5 Å². The van der Waals surface area contributed by atoms with E-state index in [1.807, 2.05) is 0 Å². The van der Waals surface area contributed by atoms with Crippen molar-refractivity contribution >= 4 is 25.7 Å². The van der Waals surface area contributed by atoms with Crippen molar-refractivity contribution in [3.8, 4) is 0 Å². The summed E-state index contributed by atoms with van der Waals surface area (Å²) >= 11 is 0. The number of aliphatic carboxylic acids is 1. The van der Waals surface area contributed by atoms with Crippen LogP contribution in [-0.2, 0) is 42.2 Å². The Morgan fingerprint density at radius 1 is 0.627 bits per heavy atom. The molecule has 1 rings (SSSR count). The van der Waals surface area contributed by atoms with Crippen molar-refractivity contribution in [1.29, 1.82) is 0 Å². The standard InChI is InChI=1S/C46H78NO11P/c1-3-5-7-8-9-10-11-12-13-14-15-16-17-18-19-20-24-27-31-35-44(48)54-37-40(38-55-59(52,53)56-39-41(47)46(50)51)57-45(49)36-32-28-25-22-21-23-26-30-34-43-42(58-43)33-29-6-4-2/h9-10,12-13,15-16,18-19,26,30,40-43H,3-8,11,14,17,20-25,27-29,31-39,47H2,1-2H3,(H,50,51)(H,52,53)/b10-9-,13-12-,16-15-,19-18-,30-26-/t40-,41+,42?,43?/m1/s1. The molecule has 0 bridgehead atoms. The summed E-state index contributed by atoms with van der Waals surface area (Å²) in [5, 5.41) is 8.90. The Balaban J connectivity index is 2.30. The van der Waals surface area contributed by atoms with Crippen LogP contribution >= 0.6 is 7.82 Å². The minimum absolute atomic E-state index is 0.130. The van der Waals surface area contributed by atoms with E-state index < -0.39 is 51.1 Å². The molecule has 0 spiro atoms. The number of ether oxygens (including phenoxy) is 3. The van der Waals surface area contributed by atoms with Crippen LogP contribution in [0.2, 0.25) is 0 Å². The van der Waals surface area contributed by atoms with E-state index in [9.17, 15) is 23.8 Å². The fourth-order valence-corrected chi connectivity index (χ4v) is 6.77. The summed E-state index contributed by atoms with van der Waals surface area (Å²) < 4.78 is 38.4. The summed E-state index contributed by atoms with van der Waals surface area (Å²) in [6.07, 6.45) is 44.5. The summed E-state index contributed by atoms with van der Waals surface area (Å²) in [6.45, 7) is 2.68. The number of phosphoric ester groups is 1. The van der Waals surface area contributed by atoms with Crippen LogP contribution in [0.15, 0.2) is 60.8 Å². The van der Waals surface area contributed by atoms with Gasteiger partial charge in [-0.2, -0.15) is 0 Å². The highest BCUT2D eigenvalue weighted by atomic mass is 31.2. The Morgan fingerprint density at radius 3 is 1.73 bits per heavy atom. The molecular weight excluding hydrogens is 773 g/mol. The Bertz CT molecular complexity index is 1300. The molecule has 0 amide bonds. The van der Waals surface area contributed by atoms with E-state index in [0.29, 0.717) is 25.0 Å². The van der Waals surface area contributed by atoms with Crippen LogP contribution in [0.25, 0.3) is 0 Å². The molecule has 1 saturated heterocycles. The number of phosphoric acid groups is 1. The first kappa shape index (κ1) is 54.2. The molecule has 1 fully saturated rings. The number of unbranched alkanes of at least 4 members (excludes halogenated alkanes) is 13. The van der Waals surface area contributed by atoms with Crippen LogP contribution in [0, 0.1) is 0 Å². The van der Waals surface area contributed by atoms with Gasteiger partial charge in [-0.15, -0.1) is 0 Å². The van der Waals surface area contributed by atoms with Gasteiger partial charge >= 0.3 is 25.7 Å². The molecule has 1 aliphatic rings. The molecule has 0 radical (unpaired) electrons. The number of nitrogens with two attached hydrogens (primary N) is 1. The minimum Gasteiger partial charge on any atom is -0.480 e. The van der Waals surface area contributed by atoms with Gasteiger partial charge in [-0.1, -0.05) is 132 Å². The lowest BCUT2D eigenvalue weighted by atomic mass is 10.1. The fourth-order valence-electron chi connectivity index (χ4n) is 5.99. The van der Waals surface area contributed by atoms with Crippen molar-refractivity contribution in [2.45, 2.75) is 192 Å². The second kappa shape index (κ2) is 36.9. The predicted octanol–water partition coefficient (Wildman–Crippen LogP) is 10.9. The van der Waals surface area contributed by atoms with Crippen molar-refractivity contribution in [2.24, 2.45) is 5.73 Å². The fraction of sp³-hybridized carbons (Fsp3) is 0.717. The van der Waals surface area contributed by atoms with Crippen molar-refractivity contribution in [2.75, 3.05) is 19.8 Å². The van der Waals surface area contributed by atoms with Crippen molar-refractivity contribution in [3.05, 3.63) is 60.8 Å². The van der Waals surface area contributed by atoms with Crippen molar-refractivity contribution in [1.82, 2.24) is 0 Å². The lowest BCUT2D eigenvalue weighted by molar-refractivity contribution is -0.161. The molecule has 0 aromatic heterocycles. The number of esters is 2. The lowest BCUT2D eigenvalue weighted by Gasteiger charge is -2.20. The SMILES string of the molecule is CCCCC/C=C\C/C=C\C/C=C\C/C=C\CCCCCC(=O)OC[C@H](COP(=O)(O)OC[C@H](N)C(=O)O)OC(=O)CCCCCCC/C=C\CC1OC1CCCCC. The van der Waals surface area contributed by atoms with E-state index in [1.165, 1.54) is 51.4 Å². The Kier molecular flexibility index (Phi) is 33.9. The normalized spacial score (nSPS) is 17.7. The molecule has 338 valence electrons. The molecule has 0 aliphatic carbocycles. The molecule has 3 unspecified atom stereocenters. The molecule has 5 atom stereocenters. The van der Waals surface area contributed by atoms with E-state index in [4.69, 9.17) is 29.6 Å². The predicted molar refractivity (Wildman–Crippen MR) is 235 cm³/mol. The van der Waals surface area contributed by atoms with Gasteiger partial charge in [0.05, 0.1) is 25.4 Å². The van der Waals surface area contributed by atoms with E-state index in [-0.39, 0.29) is 19.4 Å². The molecule has 0 aromatic rings. The van der Waals surface area contributed by atoms with Crippen LogP contribution in [0.3, 0.4) is 0 Å². The number of carboxylic acid groups (broad SMARTS) is 1. The zero-order chi connectivity index (χ0) is 43.2. The zero-order valence-electron chi connectivity index (χ0n) is 36.3. The van der Waals surface area contributed by atoms with Crippen molar-refractivity contribution in [3.63, 3.8) is 0 Å². The van der Waals surface area contributed by atoms with E-state index in [1.54, 1.807) is 0 Å². The third-order valence-electron chi connectivity index (χ3n) is 9.66. The Labute approximate surface area is 355 Å². The highest BCUT2D eigenvalue weighted by molar-refractivity contribution is 7.47. The maximum Gasteiger partial charge on any atom is 0.472 e. The van der Waals surface area contributed by atoms with Gasteiger partial charge in [0.15, 0.2) is 6.10 Å². The van der Waals surface area contributed by atoms with Gasteiger partial charge < -0.3 is 29.9 Å². The molecule has 13 heteroatoms. The average Bonchev–Trinajstić information content (AvgIpc) is 3.97. The monoisotopic (exact) mass is 852 g/mol. The van der Waals surface area contributed by atoms with Crippen molar-refractivity contribution < 1.29 is 52.2 Å². The maximum absolute atomic E-state index is 12.6. The highest BCUT2D eigenvalue weighted by Gasteiger charge is 2.36. The largest absolute Gasteiger partial charge is 0.480 e. The lowest BCUT2D eigenvalue weighted by Crippen LogP contribution is -2.34. The van der Waals surface area contributed by atoms with Gasteiger partial charge in [0.1, 0.15) is 12.6 Å². The van der Waals surface area contributed by atoms with Crippen LogP contribution in [-0.4, -0.2) is 72.1 Å². The zero-order valence-corrected chi connectivity index (χ0v) is 37.2. The first-order valence-electron chi connectivity index (χ1n) is 22.4. The number of carbonyl (C=O) groups is 3.